The van der Waals surface area contributed by atoms with Crippen molar-refractivity contribution in [2.24, 2.45) is 0 Å². The van der Waals surface area contributed by atoms with Crippen molar-refractivity contribution in [3.05, 3.63) is 48.4 Å². The van der Waals surface area contributed by atoms with Gasteiger partial charge in [0.25, 0.3) is 0 Å². The lowest BCUT2D eigenvalue weighted by atomic mass is 9.90. The van der Waals surface area contributed by atoms with Crippen molar-refractivity contribution in [3.8, 4) is 0 Å². The number of hydrogen-bond acceptors (Lipinski definition) is 6. The van der Waals surface area contributed by atoms with Crippen LogP contribution in [0.5, 0.6) is 0 Å². The molecule has 0 amide bonds. The maximum Gasteiger partial charge on any atom is 0.128 e. The van der Waals surface area contributed by atoms with Crippen LogP contribution in [0.4, 0.5) is 11.5 Å². The predicted octanol–water partition coefficient (Wildman–Crippen LogP) is 2.41. The minimum absolute atomic E-state index is 0.0918. The van der Waals surface area contributed by atoms with Gasteiger partial charge in [0.2, 0.25) is 0 Å². The van der Waals surface area contributed by atoms with Gasteiger partial charge in [0.05, 0.1) is 24.1 Å². The van der Waals surface area contributed by atoms with Crippen molar-refractivity contribution in [2.45, 2.75) is 25.0 Å². The lowest BCUT2D eigenvalue weighted by Gasteiger charge is -2.48. The third-order valence-corrected chi connectivity index (χ3v) is 5.60. The Kier molecular flexibility index (Phi) is 5.27. The lowest BCUT2D eigenvalue weighted by Crippen LogP contribution is -2.59. The molecule has 6 nitrogen and oxygen atoms in total. The summed E-state index contributed by atoms with van der Waals surface area (Å²) in [5.74, 6) is 1.05. The van der Waals surface area contributed by atoms with Crippen LogP contribution in [0.3, 0.4) is 0 Å². The molecule has 27 heavy (non-hydrogen) atoms. The topological polar surface area (TPSA) is 44.7 Å². The highest BCUT2D eigenvalue weighted by Crippen LogP contribution is 2.31. The van der Waals surface area contributed by atoms with Crippen LogP contribution in [0.25, 0.3) is 0 Å². The summed E-state index contributed by atoms with van der Waals surface area (Å²) < 4.78 is 6.36. The van der Waals surface area contributed by atoms with Crippen molar-refractivity contribution < 1.29 is 4.74 Å². The monoisotopic (exact) mass is 367 g/mol. The Morgan fingerprint density at radius 1 is 1.11 bits per heavy atom. The van der Waals surface area contributed by atoms with Gasteiger partial charge in [0, 0.05) is 59.2 Å². The first-order valence-electron chi connectivity index (χ1n) is 9.77. The number of rotatable bonds is 4. The largest absolute Gasteiger partial charge is 0.376 e. The molecule has 1 spiro atoms. The molecular weight excluding hydrogens is 338 g/mol. The quantitative estimate of drug-likeness (QED) is 0.827. The molecule has 1 atom stereocenters. The number of piperidine rings is 1. The standard InChI is InChI=1S/C21H29N5O/c1-24(2)19-4-5-20(23-14-19)26-11-3-8-21(17-26)16-25(12-13-27-21)15-18-6-9-22-10-7-18/h4-7,9-10,14H,3,8,11-13,15-17H2,1-2H3/t21-/m1/s1. The van der Waals surface area contributed by atoms with Crippen LogP contribution in [0.2, 0.25) is 0 Å². The van der Waals surface area contributed by atoms with E-state index < -0.39 is 0 Å². The Balaban J connectivity index is 1.44. The van der Waals surface area contributed by atoms with Crippen molar-refractivity contribution >= 4 is 11.5 Å². The number of aromatic nitrogens is 2. The molecule has 0 N–H and O–H groups in total. The molecule has 0 bridgehead atoms. The lowest BCUT2D eigenvalue weighted by molar-refractivity contribution is -0.116. The SMILES string of the molecule is CN(C)c1ccc(N2CCC[C@@]3(CN(Cc4ccncc4)CCO3)C2)nc1. The Hall–Kier alpha value is -2.18. The Bertz CT molecular complexity index is 732. The number of anilines is 2. The molecule has 2 aliphatic heterocycles. The van der Waals surface area contributed by atoms with Crippen molar-refractivity contribution in [2.75, 3.05) is 56.7 Å². The second-order valence-corrected chi connectivity index (χ2v) is 7.89. The van der Waals surface area contributed by atoms with E-state index >= 15 is 0 Å². The minimum Gasteiger partial charge on any atom is -0.376 e. The van der Waals surface area contributed by atoms with Crippen molar-refractivity contribution in [1.82, 2.24) is 14.9 Å². The number of ether oxygens (including phenoxy) is 1. The highest BCUT2D eigenvalue weighted by atomic mass is 16.5. The van der Waals surface area contributed by atoms with Crippen LogP contribution < -0.4 is 9.80 Å². The van der Waals surface area contributed by atoms with Gasteiger partial charge in [-0.3, -0.25) is 9.88 Å². The highest BCUT2D eigenvalue weighted by molar-refractivity contribution is 5.50. The van der Waals surface area contributed by atoms with E-state index in [0.29, 0.717) is 0 Å². The third kappa shape index (κ3) is 4.22. The Morgan fingerprint density at radius 2 is 1.96 bits per heavy atom. The van der Waals surface area contributed by atoms with Crippen molar-refractivity contribution in [3.63, 3.8) is 0 Å². The van der Waals surface area contributed by atoms with Gasteiger partial charge in [-0.25, -0.2) is 4.98 Å². The van der Waals surface area contributed by atoms with E-state index in [-0.39, 0.29) is 5.60 Å². The molecule has 2 aliphatic rings. The molecule has 0 radical (unpaired) electrons. The average molecular weight is 367 g/mol. The van der Waals surface area contributed by atoms with Crippen LogP contribution in [0, 0.1) is 0 Å². The molecule has 0 saturated carbocycles. The Morgan fingerprint density at radius 3 is 2.70 bits per heavy atom. The van der Waals surface area contributed by atoms with Crippen LogP contribution in [-0.4, -0.2) is 67.4 Å². The molecule has 2 fully saturated rings. The second kappa shape index (κ2) is 7.82. The zero-order valence-corrected chi connectivity index (χ0v) is 16.3. The van der Waals surface area contributed by atoms with Crippen LogP contribution in [0.1, 0.15) is 18.4 Å². The predicted molar refractivity (Wildman–Crippen MR) is 108 cm³/mol. The van der Waals surface area contributed by atoms with Gasteiger partial charge in [-0.2, -0.15) is 0 Å². The normalized spacial score (nSPS) is 23.6. The molecule has 2 aromatic heterocycles. The summed E-state index contributed by atoms with van der Waals surface area (Å²) in [7, 11) is 4.08. The summed E-state index contributed by atoms with van der Waals surface area (Å²) in [5, 5.41) is 0. The third-order valence-electron chi connectivity index (χ3n) is 5.60. The summed E-state index contributed by atoms with van der Waals surface area (Å²) in [5.41, 5.74) is 2.35. The average Bonchev–Trinajstić information content (AvgIpc) is 2.69. The minimum atomic E-state index is -0.0918. The summed E-state index contributed by atoms with van der Waals surface area (Å²) in [4.78, 5) is 15.8. The maximum atomic E-state index is 6.36. The van der Waals surface area contributed by atoms with Crippen LogP contribution in [0.15, 0.2) is 42.9 Å². The number of nitrogens with zero attached hydrogens (tertiary/aromatic N) is 5. The summed E-state index contributed by atoms with van der Waals surface area (Å²) in [6, 6.07) is 8.48. The van der Waals surface area contributed by atoms with Gasteiger partial charge >= 0.3 is 0 Å². The first-order valence-corrected chi connectivity index (χ1v) is 9.77. The molecule has 6 heteroatoms. The molecule has 144 valence electrons. The van der Waals surface area contributed by atoms with E-state index in [1.54, 1.807) is 0 Å². The van der Waals surface area contributed by atoms with E-state index in [1.807, 2.05) is 32.7 Å². The Labute approximate surface area is 161 Å². The number of hydrogen-bond donors (Lipinski definition) is 0. The molecule has 0 aliphatic carbocycles. The molecule has 4 heterocycles. The molecular formula is C21H29N5O. The van der Waals surface area contributed by atoms with Gasteiger partial charge in [-0.1, -0.05) is 0 Å². The van der Waals surface area contributed by atoms with Crippen LogP contribution in [-0.2, 0) is 11.3 Å². The zero-order valence-electron chi connectivity index (χ0n) is 16.3. The van der Waals surface area contributed by atoms with E-state index in [4.69, 9.17) is 9.72 Å². The molecule has 0 aromatic carbocycles. The smallest absolute Gasteiger partial charge is 0.128 e. The maximum absolute atomic E-state index is 6.36. The first-order chi connectivity index (χ1) is 13.1. The summed E-state index contributed by atoms with van der Waals surface area (Å²) in [6.45, 7) is 5.68. The molecule has 0 unspecified atom stereocenters. The fourth-order valence-corrected chi connectivity index (χ4v) is 4.18. The van der Waals surface area contributed by atoms with E-state index in [0.717, 1.165) is 63.7 Å². The van der Waals surface area contributed by atoms with Gasteiger partial charge in [0.15, 0.2) is 0 Å². The summed E-state index contributed by atoms with van der Waals surface area (Å²) in [6.07, 6.45) is 7.95. The molecule has 2 saturated heterocycles. The van der Waals surface area contributed by atoms with E-state index in [9.17, 15) is 0 Å². The number of pyridine rings is 2. The number of morpholine rings is 1. The highest BCUT2D eigenvalue weighted by Gasteiger charge is 2.40. The first kappa shape index (κ1) is 18.2. The zero-order chi connectivity index (χ0) is 18.7. The van der Waals surface area contributed by atoms with Crippen LogP contribution >= 0.6 is 0 Å². The fourth-order valence-electron chi connectivity index (χ4n) is 4.18. The van der Waals surface area contributed by atoms with E-state index in [2.05, 4.69) is 43.9 Å². The summed E-state index contributed by atoms with van der Waals surface area (Å²) >= 11 is 0. The fraction of sp³-hybridized carbons (Fsp3) is 0.524. The van der Waals surface area contributed by atoms with Gasteiger partial charge in [-0.05, 0) is 42.7 Å². The van der Waals surface area contributed by atoms with Gasteiger partial charge < -0.3 is 14.5 Å². The van der Waals surface area contributed by atoms with Crippen molar-refractivity contribution in [1.29, 1.82) is 0 Å². The molecule has 4 rings (SSSR count). The van der Waals surface area contributed by atoms with E-state index in [1.165, 1.54) is 5.56 Å². The van der Waals surface area contributed by atoms with Gasteiger partial charge in [0.1, 0.15) is 5.82 Å². The molecule has 2 aromatic rings. The van der Waals surface area contributed by atoms with Gasteiger partial charge in [-0.15, -0.1) is 0 Å². The second-order valence-electron chi connectivity index (χ2n) is 7.89.